The Morgan fingerprint density at radius 2 is 1.84 bits per heavy atom. The Labute approximate surface area is 213 Å². The number of nitrogen functional groups attached to an aromatic ring is 1. The Hall–Kier alpha value is -3.25. The summed E-state index contributed by atoms with van der Waals surface area (Å²) in [5, 5.41) is 14.0. The van der Waals surface area contributed by atoms with E-state index >= 15 is 0 Å². The largest absolute Gasteiger partial charge is 0.401 e. The van der Waals surface area contributed by atoms with Gasteiger partial charge in [-0.05, 0) is 31.5 Å². The molecule has 0 spiro atoms. The normalized spacial score (nSPS) is 16.6. The lowest BCUT2D eigenvalue weighted by Crippen LogP contribution is -2.49. The first-order valence-electron chi connectivity index (χ1n) is 12.4. The quantitative estimate of drug-likeness (QED) is 0.390. The number of unbranched alkanes of at least 4 members (excludes halogenated alkanes) is 1. The van der Waals surface area contributed by atoms with Crippen LogP contribution in [0.4, 0.5) is 30.8 Å². The van der Waals surface area contributed by atoms with Crippen LogP contribution in [0.25, 0.3) is 22.2 Å². The van der Waals surface area contributed by atoms with Crippen LogP contribution in [-0.2, 0) is 0 Å². The summed E-state index contributed by atoms with van der Waals surface area (Å²) in [4.78, 5) is 21.2. The van der Waals surface area contributed by atoms with Crippen LogP contribution in [0.2, 0.25) is 0 Å². The van der Waals surface area contributed by atoms with E-state index in [1.165, 1.54) is 4.90 Å². The van der Waals surface area contributed by atoms with Crippen LogP contribution in [0.1, 0.15) is 33.1 Å². The molecule has 0 radical (unpaired) electrons. The molecule has 1 fully saturated rings. The van der Waals surface area contributed by atoms with Gasteiger partial charge in [-0.2, -0.15) is 18.2 Å². The maximum absolute atomic E-state index is 12.6. The van der Waals surface area contributed by atoms with Crippen LogP contribution in [0, 0.1) is 0 Å². The highest BCUT2D eigenvalue weighted by atomic mass is 19.4. The van der Waals surface area contributed by atoms with E-state index in [9.17, 15) is 18.3 Å². The molecule has 37 heavy (non-hydrogen) atoms. The number of aliphatic hydroxyl groups is 1. The molecule has 200 valence electrons. The van der Waals surface area contributed by atoms with E-state index in [1.54, 1.807) is 12.4 Å². The van der Waals surface area contributed by atoms with Crippen molar-refractivity contribution in [2.45, 2.75) is 44.8 Å². The molecular formula is C25H33F3N8O. The minimum absolute atomic E-state index is 0.0562. The van der Waals surface area contributed by atoms with Gasteiger partial charge in [0.2, 0.25) is 5.95 Å². The van der Waals surface area contributed by atoms with Crippen LogP contribution in [-0.4, -0.2) is 81.0 Å². The van der Waals surface area contributed by atoms with Crippen molar-refractivity contribution in [2.75, 3.05) is 55.3 Å². The van der Waals surface area contributed by atoms with Gasteiger partial charge < -0.3 is 21.1 Å². The number of piperazine rings is 1. The number of alkyl halides is 3. The fraction of sp³-hybridized carbons (Fsp3) is 0.520. The summed E-state index contributed by atoms with van der Waals surface area (Å²) in [5.41, 5.74) is 7.48. The van der Waals surface area contributed by atoms with E-state index in [2.05, 4.69) is 32.2 Å². The second-order valence-corrected chi connectivity index (χ2v) is 9.75. The number of nitrogens with two attached hydrogens (primary N) is 1. The maximum Gasteiger partial charge on any atom is 0.401 e. The van der Waals surface area contributed by atoms with Crippen molar-refractivity contribution in [1.29, 1.82) is 0 Å². The molecule has 1 aliphatic rings. The van der Waals surface area contributed by atoms with Gasteiger partial charge in [0.1, 0.15) is 11.6 Å². The third-order valence-corrected chi connectivity index (χ3v) is 6.59. The summed E-state index contributed by atoms with van der Waals surface area (Å²) in [6, 6.07) is 5.55. The summed E-state index contributed by atoms with van der Waals surface area (Å²) in [7, 11) is 0. The molecule has 4 heterocycles. The number of anilines is 3. The first kappa shape index (κ1) is 26.8. The highest BCUT2D eigenvalue weighted by Crippen LogP contribution is 2.29. The smallest absolute Gasteiger partial charge is 0.394 e. The highest BCUT2D eigenvalue weighted by Gasteiger charge is 2.32. The molecule has 0 saturated carbocycles. The van der Waals surface area contributed by atoms with Gasteiger partial charge in [0.05, 0.1) is 35.3 Å². The van der Waals surface area contributed by atoms with Crippen molar-refractivity contribution in [2.24, 2.45) is 0 Å². The summed E-state index contributed by atoms with van der Waals surface area (Å²) >= 11 is 0. The van der Waals surface area contributed by atoms with Crippen molar-refractivity contribution in [3.05, 3.63) is 30.6 Å². The highest BCUT2D eigenvalue weighted by molar-refractivity contribution is 5.91. The number of aromatic nitrogens is 4. The standard InChI is InChI=1S/C25H33F3N8O/c1-3-4-7-24(2,16-37)34-22-18-14-30-19(12-20(18)32-23(29)33-22)17-5-6-21(31-13-17)36-10-8-35(9-11-36)15-25(26,27)28/h5-6,12-14,37H,3-4,7-11,15-16H2,1-2H3,(H3,29,32,33,34)/t24-/m1/s1. The van der Waals surface area contributed by atoms with Crippen LogP contribution < -0.4 is 16.0 Å². The first-order chi connectivity index (χ1) is 17.6. The van der Waals surface area contributed by atoms with Gasteiger partial charge in [-0.25, -0.2) is 9.97 Å². The fourth-order valence-electron chi connectivity index (χ4n) is 4.44. The molecule has 4 N–H and O–H groups in total. The number of rotatable bonds is 9. The molecule has 0 bridgehead atoms. The average molecular weight is 519 g/mol. The second-order valence-electron chi connectivity index (χ2n) is 9.75. The fourth-order valence-corrected chi connectivity index (χ4v) is 4.44. The molecule has 1 atom stereocenters. The lowest BCUT2D eigenvalue weighted by atomic mass is 9.95. The van der Waals surface area contributed by atoms with Gasteiger partial charge in [-0.15, -0.1) is 0 Å². The van der Waals surface area contributed by atoms with Gasteiger partial charge in [-0.1, -0.05) is 19.8 Å². The maximum atomic E-state index is 12.6. The van der Waals surface area contributed by atoms with Crippen LogP contribution >= 0.6 is 0 Å². The van der Waals surface area contributed by atoms with Crippen LogP contribution in [0.15, 0.2) is 30.6 Å². The molecule has 0 unspecified atom stereocenters. The molecule has 4 rings (SSSR count). The topological polar surface area (TPSA) is 116 Å². The number of pyridine rings is 2. The molecule has 3 aromatic rings. The van der Waals surface area contributed by atoms with Gasteiger partial charge >= 0.3 is 6.18 Å². The van der Waals surface area contributed by atoms with E-state index < -0.39 is 18.3 Å². The summed E-state index contributed by atoms with van der Waals surface area (Å²) in [5.74, 6) is 1.35. The van der Waals surface area contributed by atoms with Crippen molar-refractivity contribution in [3.8, 4) is 11.3 Å². The van der Waals surface area contributed by atoms with Gasteiger partial charge in [0.25, 0.3) is 0 Å². The van der Waals surface area contributed by atoms with E-state index in [1.807, 2.05) is 30.0 Å². The zero-order chi connectivity index (χ0) is 26.6. The van der Waals surface area contributed by atoms with Gasteiger partial charge in [-0.3, -0.25) is 9.88 Å². The van der Waals surface area contributed by atoms with Crippen LogP contribution in [0.5, 0.6) is 0 Å². The number of hydrogen-bond acceptors (Lipinski definition) is 9. The molecule has 1 aliphatic heterocycles. The third kappa shape index (κ3) is 6.75. The van der Waals surface area contributed by atoms with Gasteiger partial charge in [0, 0.05) is 44.1 Å². The molecule has 0 aromatic carbocycles. The monoisotopic (exact) mass is 518 g/mol. The van der Waals surface area contributed by atoms with Crippen molar-refractivity contribution in [3.63, 3.8) is 0 Å². The minimum atomic E-state index is -4.19. The molecule has 0 amide bonds. The van der Waals surface area contributed by atoms with Gasteiger partial charge in [0.15, 0.2) is 0 Å². The number of nitrogens with zero attached hydrogens (tertiary/aromatic N) is 6. The SMILES string of the molecule is CCCC[C@](C)(CO)Nc1nc(N)nc2cc(-c3ccc(N4CCN(CC(F)(F)F)CC4)nc3)ncc12. The zero-order valence-electron chi connectivity index (χ0n) is 21.1. The Kier molecular flexibility index (Phi) is 7.98. The Bertz CT molecular complexity index is 1200. The number of aliphatic hydroxyl groups excluding tert-OH is 1. The first-order valence-corrected chi connectivity index (χ1v) is 12.4. The molecule has 0 aliphatic carbocycles. The van der Waals surface area contributed by atoms with E-state index in [0.29, 0.717) is 54.4 Å². The Balaban J connectivity index is 1.50. The predicted molar refractivity (Wildman–Crippen MR) is 138 cm³/mol. The average Bonchev–Trinajstić information content (AvgIpc) is 2.87. The molecule has 12 heteroatoms. The number of nitrogens with one attached hydrogen (secondary N) is 1. The number of halogens is 3. The molecule has 1 saturated heterocycles. The lowest BCUT2D eigenvalue weighted by Gasteiger charge is -2.35. The molecule has 9 nitrogen and oxygen atoms in total. The van der Waals surface area contributed by atoms with Crippen molar-refractivity contribution < 1.29 is 18.3 Å². The van der Waals surface area contributed by atoms with E-state index in [0.717, 1.165) is 24.8 Å². The Morgan fingerprint density at radius 1 is 1.08 bits per heavy atom. The summed E-state index contributed by atoms with van der Waals surface area (Å²) in [6.07, 6.45) is 1.93. The summed E-state index contributed by atoms with van der Waals surface area (Å²) < 4.78 is 37.9. The zero-order valence-corrected chi connectivity index (χ0v) is 21.1. The third-order valence-electron chi connectivity index (χ3n) is 6.59. The van der Waals surface area contributed by atoms with Crippen molar-refractivity contribution >= 4 is 28.5 Å². The van der Waals surface area contributed by atoms with E-state index in [4.69, 9.17) is 5.73 Å². The minimum Gasteiger partial charge on any atom is -0.394 e. The number of fused-ring (bicyclic) bond motifs is 1. The Morgan fingerprint density at radius 3 is 2.46 bits per heavy atom. The second kappa shape index (κ2) is 11.0. The predicted octanol–water partition coefficient (Wildman–Crippen LogP) is 3.71. The van der Waals surface area contributed by atoms with Crippen LogP contribution in [0.3, 0.4) is 0 Å². The van der Waals surface area contributed by atoms with Crippen molar-refractivity contribution in [1.82, 2.24) is 24.8 Å². The lowest BCUT2D eigenvalue weighted by molar-refractivity contribution is -0.146. The van der Waals surface area contributed by atoms with E-state index in [-0.39, 0.29) is 12.6 Å². The molecular weight excluding hydrogens is 485 g/mol. The summed E-state index contributed by atoms with van der Waals surface area (Å²) in [6.45, 7) is 4.73. The molecule has 3 aromatic heterocycles. The number of hydrogen-bond donors (Lipinski definition) is 3.